The summed E-state index contributed by atoms with van der Waals surface area (Å²) in [5.41, 5.74) is 9.68. The molecule has 0 atom stereocenters. The highest BCUT2D eigenvalue weighted by molar-refractivity contribution is 5.96. The number of nitrogens with zero attached hydrogens (tertiary/aromatic N) is 4. The van der Waals surface area contributed by atoms with Crippen LogP contribution in [0.1, 0.15) is 46.2 Å². The summed E-state index contributed by atoms with van der Waals surface area (Å²) in [6.07, 6.45) is 6.91. The zero-order valence-corrected chi connectivity index (χ0v) is 24.0. The van der Waals surface area contributed by atoms with Gasteiger partial charge in [-0.05, 0) is 65.8 Å². The van der Waals surface area contributed by atoms with E-state index in [1.807, 2.05) is 36.7 Å². The van der Waals surface area contributed by atoms with Gasteiger partial charge in [-0.25, -0.2) is 14.8 Å². The van der Waals surface area contributed by atoms with Crippen molar-refractivity contribution < 1.29 is 9.90 Å². The van der Waals surface area contributed by atoms with Gasteiger partial charge in [0.25, 0.3) is 0 Å². The second-order valence-corrected chi connectivity index (χ2v) is 10.8. The van der Waals surface area contributed by atoms with Crippen LogP contribution in [-0.4, -0.2) is 30.2 Å². The Hall–Kier alpha value is -4.97. The number of rotatable bonds is 10. The lowest BCUT2D eigenvalue weighted by atomic mass is 9.98. The van der Waals surface area contributed by atoms with Crippen LogP contribution in [0, 0.1) is 6.92 Å². The SMILES string of the molecule is CCCc1nc2c(C)cc(-c3cn(CCc4ccccc4)cn3)cc2n1Cc1ccc(-c2ccccc2C(=O)O)cc1. The van der Waals surface area contributed by atoms with Crippen molar-refractivity contribution in [3.8, 4) is 22.4 Å². The molecule has 6 heteroatoms. The first-order chi connectivity index (χ1) is 20.5. The van der Waals surface area contributed by atoms with Crippen molar-refractivity contribution in [2.24, 2.45) is 0 Å². The highest BCUT2D eigenvalue weighted by Crippen LogP contribution is 2.30. The Morgan fingerprint density at radius 3 is 2.38 bits per heavy atom. The van der Waals surface area contributed by atoms with E-state index in [4.69, 9.17) is 9.97 Å². The molecule has 210 valence electrons. The van der Waals surface area contributed by atoms with Gasteiger partial charge < -0.3 is 14.2 Å². The van der Waals surface area contributed by atoms with E-state index in [-0.39, 0.29) is 0 Å². The zero-order valence-electron chi connectivity index (χ0n) is 24.0. The molecule has 6 aromatic rings. The fourth-order valence-corrected chi connectivity index (χ4v) is 5.61. The number of aryl methyl sites for hydroxylation is 4. The molecule has 0 saturated heterocycles. The van der Waals surface area contributed by atoms with Crippen molar-refractivity contribution in [1.82, 2.24) is 19.1 Å². The number of hydrogen-bond acceptors (Lipinski definition) is 3. The van der Waals surface area contributed by atoms with Crippen molar-refractivity contribution in [3.05, 3.63) is 132 Å². The van der Waals surface area contributed by atoms with Crippen LogP contribution in [0.4, 0.5) is 0 Å². The van der Waals surface area contributed by atoms with E-state index < -0.39 is 5.97 Å². The summed E-state index contributed by atoms with van der Waals surface area (Å²) in [5.74, 6) is 0.150. The summed E-state index contributed by atoms with van der Waals surface area (Å²) in [4.78, 5) is 21.6. The third-order valence-corrected chi connectivity index (χ3v) is 7.79. The number of hydrogen-bond donors (Lipinski definition) is 1. The van der Waals surface area contributed by atoms with Crippen molar-refractivity contribution in [2.45, 2.75) is 46.2 Å². The molecule has 2 aromatic heterocycles. The molecule has 1 N–H and O–H groups in total. The van der Waals surface area contributed by atoms with Crippen molar-refractivity contribution in [1.29, 1.82) is 0 Å². The largest absolute Gasteiger partial charge is 0.478 e. The van der Waals surface area contributed by atoms with Gasteiger partial charge in [-0.3, -0.25) is 0 Å². The monoisotopic (exact) mass is 554 g/mol. The molecular formula is C36H34N4O2. The van der Waals surface area contributed by atoms with Crippen molar-refractivity contribution in [3.63, 3.8) is 0 Å². The average Bonchev–Trinajstić information content (AvgIpc) is 3.63. The Balaban J connectivity index is 1.30. The van der Waals surface area contributed by atoms with E-state index in [0.717, 1.165) is 76.2 Å². The van der Waals surface area contributed by atoms with Crippen LogP contribution >= 0.6 is 0 Å². The number of aromatic nitrogens is 4. The smallest absolute Gasteiger partial charge is 0.336 e. The highest BCUT2D eigenvalue weighted by Gasteiger charge is 2.16. The molecule has 0 aliphatic carbocycles. The molecule has 0 amide bonds. The summed E-state index contributed by atoms with van der Waals surface area (Å²) in [7, 11) is 0. The number of aromatic carboxylic acids is 1. The number of carboxylic acid groups (broad SMARTS) is 1. The maximum atomic E-state index is 11.7. The van der Waals surface area contributed by atoms with Gasteiger partial charge in [-0.2, -0.15) is 0 Å². The third kappa shape index (κ3) is 5.61. The molecule has 0 aliphatic rings. The fraction of sp³-hybridized carbons (Fsp3) is 0.194. The van der Waals surface area contributed by atoms with Crippen LogP contribution in [0.3, 0.4) is 0 Å². The predicted molar refractivity (Wildman–Crippen MR) is 168 cm³/mol. The molecule has 42 heavy (non-hydrogen) atoms. The van der Waals surface area contributed by atoms with Crippen LogP contribution in [0.2, 0.25) is 0 Å². The molecule has 0 unspecified atom stereocenters. The predicted octanol–water partition coefficient (Wildman–Crippen LogP) is 7.82. The summed E-state index contributed by atoms with van der Waals surface area (Å²) in [6.45, 7) is 5.86. The van der Waals surface area contributed by atoms with Crippen molar-refractivity contribution in [2.75, 3.05) is 0 Å². The zero-order chi connectivity index (χ0) is 29.1. The molecule has 0 fully saturated rings. The lowest BCUT2D eigenvalue weighted by Gasteiger charge is -2.12. The number of benzene rings is 4. The lowest BCUT2D eigenvalue weighted by Crippen LogP contribution is -2.05. The van der Waals surface area contributed by atoms with E-state index in [1.54, 1.807) is 12.1 Å². The third-order valence-electron chi connectivity index (χ3n) is 7.79. The first-order valence-electron chi connectivity index (χ1n) is 14.5. The minimum Gasteiger partial charge on any atom is -0.478 e. The second-order valence-electron chi connectivity index (χ2n) is 10.8. The summed E-state index contributed by atoms with van der Waals surface area (Å²) < 4.78 is 4.48. The van der Waals surface area contributed by atoms with Gasteiger partial charge in [0, 0.05) is 31.3 Å². The Morgan fingerprint density at radius 1 is 0.857 bits per heavy atom. The van der Waals surface area contributed by atoms with E-state index in [1.165, 1.54) is 5.56 Å². The van der Waals surface area contributed by atoms with Gasteiger partial charge in [0.1, 0.15) is 5.82 Å². The summed E-state index contributed by atoms with van der Waals surface area (Å²) in [6, 6.07) is 30.2. The standard InChI is InChI=1S/C36H34N4O2/c1-3-9-34-38-35-25(2)20-29(32-23-39(24-37-32)19-18-26-10-5-4-6-11-26)21-33(35)40(34)22-27-14-16-28(17-15-27)30-12-7-8-13-31(30)36(41)42/h4-8,10-17,20-21,23-24H,3,9,18-19,22H2,1-2H3,(H,41,42). The first kappa shape index (κ1) is 27.2. The molecule has 0 bridgehead atoms. The highest BCUT2D eigenvalue weighted by atomic mass is 16.4. The topological polar surface area (TPSA) is 72.9 Å². The van der Waals surface area contributed by atoms with Gasteiger partial charge in [0.05, 0.1) is 28.6 Å². The van der Waals surface area contributed by atoms with Gasteiger partial charge in [0.2, 0.25) is 0 Å². The molecule has 6 nitrogen and oxygen atoms in total. The number of imidazole rings is 2. The van der Waals surface area contributed by atoms with Crippen LogP contribution in [0.5, 0.6) is 0 Å². The quantitative estimate of drug-likeness (QED) is 0.187. The molecule has 4 aromatic carbocycles. The molecule has 0 aliphatic heterocycles. The number of carboxylic acids is 1. The Morgan fingerprint density at radius 2 is 1.62 bits per heavy atom. The van der Waals surface area contributed by atoms with Gasteiger partial charge in [0.15, 0.2) is 0 Å². The van der Waals surface area contributed by atoms with E-state index in [9.17, 15) is 9.90 Å². The second kappa shape index (κ2) is 11.9. The first-order valence-corrected chi connectivity index (χ1v) is 14.5. The van der Waals surface area contributed by atoms with Gasteiger partial charge in [-0.15, -0.1) is 0 Å². The van der Waals surface area contributed by atoms with Crippen LogP contribution in [0.15, 0.2) is 104 Å². The number of fused-ring (bicyclic) bond motifs is 1. The molecule has 0 radical (unpaired) electrons. The Labute approximate surface area is 245 Å². The molecule has 2 heterocycles. The maximum absolute atomic E-state index is 11.7. The molecular weight excluding hydrogens is 520 g/mol. The minimum atomic E-state index is -0.920. The Kier molecular flexibility index (Phi) is 7.69. The normalized spacial score (nSPS) is 11.3. The van der Waals surface area contributed by atoms with Crippen LogP contribution in [0.25, 0.3) is 33.4 Å². The van der Waals surface area contributed by atoms with Crippen molar-refractivity contribution >= 4 is 17.0 Å². The van der Waals surface area contributed by atoms with E-state index in [2.05, 4.69) is 77.7 Å². The lowest BCUT2D eigenvalue weighted by molar-refractivity contribution is 0.0697. The summed E-state index contributed by atoms with van der Waals surface area (Å²) in [5, 5.41) is 9.62. The average molecular weight is 555 g/mol. The van der Waals surface area contributed by atoms with Crippen LogP contribution < -0.4 is 0 Å². The Bertz CT molecular complexity index is 1850. The fourth-order valence-electron chi connectivity index (χ4n) is 5.61. The molecule has 0 spiro atoms. The molecule has 0 saturated carbocycles. The minimum absolute atomic E-state index is 0.307. The maximum Gasteiger partial charge on any atom is 0.336 e. The summed E-state index contributed by atoms with van der Waals surface area (Å²) >= 11 is 0. The van der Waals surface area contributed by atoms with Gasteiger partial charge in [-0.1, -0.05) is 79.7 Å². The van der Waals surface area contributed by atoms with Crippen LogP contribution in [-0.2, 0) is 25.9 Å². The van der Waals surface area contributed by atoms with E-state index in [0.29, 0.717) is 12.1 Å². The molecule has 6 rings (SSSR count). The van der Waals surface area contributed by atoms with E-state index >= 15 is 0 Å². The van der Waals surface area contributed by atoms with Gasteiger partial charge >= 0.3 is 5.97 Å². The number of carbonyl (C=O) groups is 1.